The lowest BCUT2D eigenvalue weighted by atomic mass is 10.0. The normalized spacial score (nSPS) is 17.1. The number of likely N-dealkylation sites (N-methyl/N-ethyl adjacent to an activating group) is 1. The first-order valence-electron chi connectivity index (χ1n) is 6.91. The van der Waals surface area contributed by atoms with Gasteiger partial charge in [0.05, 0.1) is 0 Å². The first-order valence-corrected chi connectivity index (χ1v) is 6.91. The van der Waals surface area contributed by atoms with Gasteiger partial charge in [-0.25, -0.2) is 4.79 Å². The van der Waals surface area contributed by atoms with Crippen molar-refractivity contribution in [2.75, 3.05) is 38.1 Å². The van der Waals surface area contributed by atoms with Crippen LogP contribution in [0.4, 0.5) is 5.69 Å². The van der Waals surface area contributed by atoms with Gasteiger partial charge in [0.2, 0.25) is 0 Å². The van der Waals surface area contributed by atoms with Gasteiger partial charge in [0.1, 0.15) is 11.6 Å². The molecule has 5 heteroatoms. The zero-order valence-corrected chi connectivity index (χ0v) is 12.3. The Kier molecular flexibility index (Phi) is 4.61. The Balaban J connectivity index is 2.20. The molecule has 0 saturated carbocycles. The molecule has 0 bridgehead atoms. The SMILES string of the molecule is C/C(=C(\C#N)C(=O)O)c1ccc(N2CCN(C)CC2)cc1. The predicted octanol–water partition coefficient (Wildman–Crippen LogP) is 1.82. The number of nitriles is 1. The molecule has 1 aromatic carbocycles. The van der Waals surface area contributed by atoms with Crippen LogP contribution >= 0.6 is 0 Å². The van der Waals surface area contributed by atoms with E-state index in [-0.39, 0.29) is 5.57 Å². The molecule has 0 aromatic heterocycles. The number of allylic oxidation sites excluding steroid dienone is 1. The van der Waals surface area contributed by atoms with Crippen molar-refractivity contribution < 1.29 is 9.90 Å². The number of carboxylic acid groups (broad SMARTS) is 1. The highest BCUT2D eigenvalue weighted by atomic mass is 16.4. The molecule has 0 radical (unpaired) electrons. The number of nitrogens with zero attached hydrogens (tertiary/aromatic N) is 3. The molecule has 0 atom stereocenters. The average Bonchev–Trinajstić information content (AvgIpc) is 2.48. The number of hydrogen-bond acceptors (Lipinski definition) is 4. The summed E-state index contributed by atoms with van der Waals surface area (Å²) in [6.45, 7) is 5.72. The van der Waals surface area contributed by atoms with Crippen LogP contribution in [0.5, 0.6) is 0 Å². The summed E-state index contributed by atoms with van der Waals surface area (Å²) in [6.07, 6.45) is 0. The van der Waals surface area contributed by atoms with Crippen molar-refractivity contribution in [1.29, 1.82) is 5.26 Å². The molecule has 5 nitrogen and oxygen atoms in total. The zero-order chi connectivity index (χ0) is 15.4. The lowest BCUT2D eigenvalue weighted by Gasteiger charge is -2.34. The number of benzene rings is 1. The fourth-order valence-corrected chi connectivity index (χ4v) is 2.42. The largest absolute Gasteiger partial charge is 0.477 e. The van der Waals surface area contributed by atoms with E-state index in [1.165, 1.54) is 0 Å². The molecule has 0 aliphatic carbocycles. The zero-order valence-electron chi connectivity index (χ0n) is 12.3. The lowest BCUT2D eigenvalue weighted by molar-refractivity contribution is -0.132. The Morgan fingerprint density at radius 1 is 1.19 bits per heavy atom. The summed E-state index contributed by atoms with van der Waals surface area (Å²) in [7, 11) is 2.11. The van der Waals surface area contributed by atoms with Gasteiger partial charge >= 0.3 is 5.97 Å². The van der Waals surface area contributed by atoms with Gasteiger partial charge in [-0.2, -0.15) is 5.26 Å². The molecule has 21 heavy (non-hydrogen) atoms. The van der Waals surface area contributed by atoms with Crippen LogP contribution in [0.2, 0.25) is 0 Å². The van der Waals surface area contributed by atoms with Crippen LogP contribution in [0.3, 0.4) is 0 Å². The van der Waals surface area contributed by atoms with Gasteiger partial charge in [-0.3, -0.25) is 0 Å². The molecule has 2 rings (SSSR count). The number of piperazine rings is 1. The van der Waals surface area contributed by atoms with E-state index in [1.807, 2.05) is 24.3 Å². The van der Waals surface area contributed by atoms with E-state index in [2.05, 4.69) is 16.8 Å². The Morgan fingerprint density at radius 3 is 2.24 bits per heavy atom. The van der Waals surface area contributed by atoms with Gasteiger partial charge < -0.3 is 14.9 Å². The van der Waals surface area contributed by atoms with Gasteiger partial charge in [0.15, 0.2) is 0 Å². The molecule has 1 aromatic rings. The van der Waals surface area contributed by atoms with Crippen molar-refractivity contribution in [2.24, 2.45) is 0 Å². The molecule has 1 heterocycles. The van der Waals surface area contributed by atoms with Crippen molar-refractivity contribution in [2.45, 2.75) is 6.92 Å². The van der Waals surface area contributed by atoms with Gasteiger partial charge in [0.25, 0.3) is 0 Å². The number of anilines is 1. The molecular weight excluding hydrogens is 266 g/mol. The molecule has 0 amide bonds. The molecule has 1 aliphatic rings. The number of rotatable bonds is 3. The minimum absolute atomic E-state index is 0.206. The molecule has 0 unspecified atom stereocenters. The standard InChI is InChI=1S/C16H19N3O2/c1-12(15(11-17)16(20)21)13-3-5-14(6-4-13)19-9-7-18(2)8-10-19/h3-6H,7-10H2,1-2H3,(H,20,21)/b15-12-. The number of carboxylic acids is 1. The fraction of sp³-hybridized carbons (Fsp3) is 0.375. The second-order valence-corrected chi connectivity index (χ2v) is 5.25. The van der Waals surface area contributed by atoms with E-state index in [0.29, 0.717) is 5.57 Å². The highest BCUT2D eigenvalue weighted by Crippen LogP contribution is 2.23. The van der Waals surface area contributed by atoms with Crippen molar-refractivity contribution in [1.82, 2.24) is 4.90 Å². The van der Waals surface area contributed by atoms with Crippen molar-refractivity contribution >= 4 is 17.2 Å². The Morgan fingerprint density at radius 2 is 1.76 bits per heavy atom. The first-order chi connectivity index (χ1) is 10.0. The maximum atomic E-state index is 11.0. The van der Waals surface area contributed by atoms with Gasteiger partial charge in [-0.1, -0.05) is 12.1 Å². The monoisotopic (exact) mass is 285 g/mol. The summed E-state index contributed by atoms with van der Waals surface area (Å²) in [5, 5.41) is 17.9. The summed E-state index contributed by atoms with van der Waals surface area (Å²) >= 11 is 0. The van der Waals surface area contributed by atoms with Gasteiger partial charge in [-0.15, -0.1) is 0 Å². The smallest absolute Gasteiger partial charge is 0.346 e. The minimum Gasteiger partial charge on any atom is -0.477 e. The molecule has 0 spiro atoms. The maximum Gasteiger partial charge on any atom is 0.346 e. The molecule has 1 saturated heterocycles. The van der Waals surface area contributed by atoms with E-state index in [0.717, 1.165) is 37.4 Å². The van der Waals surface area contributed by atoms with Gasteiger partial charge in [-0.05, 0) is 37.2 Å². The molecule has 1 fully saturated rings. The van der Waals surface area contributed by atoms with Crippen LogP contribution in [-0.4, -0.2) is 49.2 Å². The van der Waals surface area contributed by atoms with E-state index in [9.17, 15) is 4.79 Å². The van der Waals surface area contributed by atoms with Gasteiger partial charge in [0, 0.05) is 31.9 Å². The predicted molar refractivity (Wildman–Crippen MR) is 82.0 cm³/mol. The lowest BCUT2D eigenvalue weighted by Crippen LogP contribution is -2.44. The quantitative estimate of drug-likeness (QED) is 0.678. The highest BCUT2D eigenvalue weighted by Gasteiger charge is 2.15. The molecule has 110 valence electrons. The van der Waals surface area contributed by atoms with Crippen LogP contribution in [-0.2, 0) is 4.79 Å². The van der Waals surface area contributed by atoms with Crippen LogP contribution < -0.4 is 4.90 Å². The third-order valence-electron chi connectivity index (χ3n) is 3.87. The summed E-state index contributed by atoms with van der Waals surface area (Å²) in [4.78, 5) is 15.6. The summed E-state index contributed by atoms with van der Waals surface area (Å²) in [5.74, 6) is -1.18. The third kappa shape index (κ3) is 3.41. The van der Waals surface area contributed by atoms with Crippen LogP contribution in [0.15, 0.2) is 29.8 Å². The van der Waals surface area contributed by atoms with Crippen LogP contribution in [0, 0.1) is 11.3 Å². The van der Waals surface area contributed by atoms with E-state index in [1.54, 1.807) is 13.0 Å². The van der Waals surface area contributed by atoms with E-state index in [4.69, 9.17) is 10.4 Å². The van der Waals surface area contributed by atoms with Crippen molar-refractivity contribution in [3.63, 3.8) is 0 Å². The Labute approximate surface area is 124 Å². The summed E-state index contributed by atoms with van der Waals surface area (Å²) in [5.41, 5.74) is 2.19. The first kappa shape index (κ1) is 15.1. The highest BCUT2D eigenvalue weighted by molar-refractivity contribution is 6.00. The van der Waals surface area contributed by atoms with Crippen molar-refractivity contribution in [3.8, 4) is 6.07 Å². The second kappa shape index (κ2) is 6.42. The Hall–Kier alpha value is -2.32. The minimum atomic E-state index is -1.18. The average molecular weight is 285 g/mol. The van der Waals surface area contributed by atoms with E-state index < -0.39 is 5.97 Å². The number of hydrogen-bond donors (Lipinski definition) is 1. The van der Waals surface area contributed by atoms with Crippen LogP contribution in [0.1, 0.15) is 12.5 Å². The maximum absolute atomic E-state index is 11.0. The van der Waals surface area contributed by atoms with Crippen LogP contribution in [0.25, 0.3) is 5.57 Å². The van der Waals surface area contributed by atoms with Crippen molar-refractivity contribution in [3.05, 3.63) is 35.4 Å². The summed E-state index contributed by atoms with van der Waals surface area (Å²) < 4.78 is 0. The second-order valence-electron chi connectivity index (χ2n) is 5.25. The van der Waals surface area contributed by atoms with E-state index >= 15 is 0 Å². The number of aliphatic carboxylic acids is 1. The third-order valence-corrected chi connectivity index (χ3v) is 3.87. The number of carbonyl (C=O) groups is 1. The summed E-state index contributed by atoms with van der Waals surface area (Å²) in [6, 6.07) is 9.48. The Bertz CT molecular complexity index is 591. The molecule has 1 N–H and O–H groups in total. The molecule has 1 aliphatic heterocycles. The topological polar surface area (TPSA) is 67.6 Å². The molecular formula is C16H19N3O2. The fourth-order valence-electron chi connectivity index (χ4n) is 2.42.